The number of fused-ring (bicyclic) bond motifs is 1. The first-order valence-electron chi connectivity index (χ1n) is 9.66. The summed E-state index contributed by atoms with van der Waals surface area (Å²) in [7, 11) is 0. The molecule has 0 aromatic heterocycles. The first-order chi connectivity index (χ1) is 11.8. The van der Waals surface area contributed by atoms with E-state index in [0.29, 0.717) is 5.75 Å². The number of benzene rings is 1. The van der Waals surface area contributed by atoms with Crippen LogP contribution in [0.5, 0.6) is 11.5 Å². The van der Waals surface area contributed by atoms with Crippen LogP contribution in [0.4, 0.5) is 0 Å². The minimum Gasteiger partial charge on any atom is -0.508 e. The SMILES string of the molecule is CC/C(C)=C/CC/C(C)=C/CCC1(C)CCc2cc(O)cc(C)c2O1. The molecular formula is C23H34O2. The smallest absolute Gasteiger partial charge is 0.126 e. The van der Waals surface area contributed by atoms with Gasteiger partial charge in [0, 0.05) is 0 Å². The van der Waals surface area contributed by atoms with Gasteiger partial charge in [0.2, 0.25) is 0 Å². The Balaban J connectivity index is 1.89. The Labute approximate surface area is 153 Å². The first-order valence-corrected chi connectivity index (χ1v) is 9.66. The molecule has 0 saturated carbocycles. The Kier molecular flexibility index (Phi) is 6.75. The number of hydrogen-bond acceptors (Lipinski definition) is 2. The summed E-state index contributed by atoms with van der Waals surface area (Å²) in [5, 5.41) is 9.76. The van der Waals surface area contributed by atoms with Crippen LogP contribution in [0, 0.1) is 6.92 Å². The van der Waals surface area contributed by atoms with E-state index in [1.165, 1.54) is 11.1 Å². The molecule has 0 saturated heterocycles. The average Bonchev–Trinajstić information content (AvgIpc) is 2.55. The molecule has 138 valence electrons. The average molecular weight is 343 g/mol. The van der Waals surface area contributed by atoms with Gasteiger partial charge in [-0.15, -0.1) is 0 Å². The van der Waals surface area contributed by atoms with Gasteiger partial charge >= 0.3 is 0 Å². The second-order valence-electron chi connectivity index (χ2n) is 7.83. The fourth-order valence-electron chi connectivity index (χ4n) is 3.45. The zero-order chi connectivity index (χ0) is 18.4. The number of aromatic hydroxyl groups is 1. The van der Waals surface area contributed by atoms with E-state index in [4.69, 9.17) is 4.74 Å². The van der Waals surface area contributed by atoms with Crippen molar-refractivity contribution in [3.63, 3.8) is 0 Å². The molecule has 25 heavy (non-hydrogen) atoms. The van der Waals surface area contributed by atoms with E-state index in [9.17, 15) is 5.11 Å². The highest BCUT2D eigenvalue weighted by Gasteiger charge is 2.31. The van der Waals surface area contributed by atoms with E-state index < -0.39 is 0 Å². The lowest BCUT2D eigenvalue weighted by atomic mass is 9.87. The Morgan fingerprint density at radius 2 is 1.92 bits per heavy atom. The lowest BCUT2D eigenvalue weighted by Crippen LogP contribution is -2.36. The maximum Gasteiger partial charge on any atom is 0.126 e. The number of rotatable bonds is 7. The van der Waals surface area contributed by atoms with Crippen LogP contribution in [0.3, 0.4) is 0 Å². The van der Waals surface area contributed by atoms with Crippen molar-refractivity contribution < 1.29 is 9.84 Å². The molecule has 0 amide bonds. The molecular weight excluding hydrogens is 308 g/mol. The number of aryl methyl sites for hydroxylation is 2. The molecule has 1 aromatic carbocycles. The minimum atomic E-state index is -0.107. The van der Waals surface area contributed by atoms with Crippen LogP contribution in [-0.4, -0.2) is 10.7 Å². The quantitative estimate of drug-likeness (QED) is 0.562. The van der Waals surface area contributed by atoms with Gasteiger partial charge in [-0.2, -0.15) is 0 Å². The van der Waals surface area contributed by atoms with Crippen molar-refractivity contribution in [3.05, 3.63) is 46.6 Å². The maximum absolute atomic E-state index is 9.76. The second-order valence-corrected chi connectivity index (χ2v) is 7.83. The normalized spacial score (nSPS) is 21.0. The van der Waals surface area contributed by atoms with Crippen LogP contribution < -0.4 is 4.74 Å². The third-order valence-corrected chi connectivity index (χ3v) is 5.36. The van der Waals surface area contributed by atoms with Crippen molar-refractivity contribution in [3.8, 4) is 11.5 Å². The molecule has 1 aliphatic heterocycles. The van der Waals surface area contributed by atoms with Crippen molar-refractivity contribution in [1.82, 2.24) is 0 Å². The van der Waals surface area contributed by atoms with Gasteiger partial charge in [-0.1, -0.05) is 30.2 Å². The third-order valence-electron chi connectivity index (χ3n) is 5.36. The topological polar surface area (TPSA) is 29.5 Å². The molecule has 1 atom stereocenters. The number of allylic oxidation sites excluding steroid dienone is 4. The van der Waals surface area contributed by atoms with Gasteiger partial charge in [0.25, 0.3) is 0 Å². The molecule has 2 rings (SSSR count). The van der Waals surface area contributed by atoms with Crippen LogP contribution in [-0.2, 0) is 6.42 Å². The summed E-state index contributed by atoms with van der Waals surface area (Å²) in [4.78, 5) is 0. The highest BCUT2D eigenvalue weighted by atomic mass is 16.5. The van der Waals surface area contributed by atoms with E-state index in [1.54, 1.807) is 6.07 Å². The molecule has 1 aliphatic rings. The van der Waals surface area contributed by atoms with Crippen LogP contribution >= 0.6 is 0 Å². The Bertz CT molecular complexity index is 654. The summed E-state index contributed by atoms with van der Waals surface area (Å²) in [6, 6.07) is 3.64. The van der Waals surface area contributed by atoms with Gasteiger partial charge < -0.3 is 9.84 Å². The lowest BCUT2D eigenvalue weighted by Gasteiger charge is -2.36. The van der Waals surface area contributed by atoms with Crippen molar-refractivity contribution in [2.45, 2.75) is 85.2 Å². The summed E-state index contributed by atoms with van der Waals surface area (Å²) >= 11 is 0. The highest BCUT2D eigenvalue weighted by Crippen LogP contribution is 2.39. The van der Waals surface area contributed by atoms with Crippen LogP contribution in [0.1, 0.15) is 77.3 Å². The maximum atomic E-state index is 9.76. The minimum absolute atomic E-state index is 0.107. The van der Waals surface area contributed by atoms with Gasteiger partial charge in [-0.25, -0.2) is 0 Å². The summed E-state index contributed by atoms with van der Waals surface area (Å²) in [6.45, 7) is 10.9. The van der Waals surface area contributed by atoms with Crippen molar-refractivity contribution in [1.29, 1.82) is 0 Å². The largest absolute Gasteiger partial charge is 0.508 e. The van der Waals surface area contributed by atoms with Crippen LogP contribution in [0.15, 0.2) is 35.4 Å². The molecule has 2 heteroatoms. The highest BCUT2D eigenvalue weighted by molar-refractivity contribution is 5.47. The fourth-order valence-corrected chi connectivity index (χ4v) is 3.45. The zero-order valence-corrected chi connectivity index (χ0v) is 16.6. The molecule has 1 aromatic rings. The van der Waals surface area contributed by atoms with Crippen molar-refractivity contribution >= 4 is 0 Å². The standard InChI is InChI=1S/C23H34O2/c1-6-17(2)9-7-10-18(3)11-8-13-23(5)14-12-20-16-21(24)15-19(4)22(20)25-23/h9,11,15-16,24H,6-8,10,12-14H2,1-5H3/b17-9+,18-11+. The summed E-state index contributed by atoms with van der Waals surface area (Å²) < 4.78 is 6.36. The Morgan fingerprint density at radius 1 is 1.20 bits per heavy atom. The lowest BCUT2D eigenvalue weighted by molar-refractivity contribution is 0.0561. The van der Waals surface area contributed by atoms with Crippen molar-refractivity contribution in [2.24, 2.45) is 0 Å². The number of ether oxygens (including phenoxy) is 1. The number of hydrogen-bond donors (Lipinski definition) is 1. The second kappa shape index (κ2) is 8.60. The Hall–Kier alpha value is -1.70. The molecule has 0 aliphatic carbocycles. The van der Waals surface area contributed by atoms with Gasteiger partial charge in [-0.3, -0.25) is 0 Å². The van der Waals surface area contributed by atoms with Crippen molar-refractivity contribution in [2.75, 3.05) is 0 Å². The molecule has 1 heterocycles. The molecule has 0 spiro atoms. The van der Waals surface area contributed by atoms with Crippen LogP contribution in [0.25, 0.3) is 0 Å². The van der Waals surface area contributed by atoms with E-state index in [0.717, 1.165) is 61.8 Å². The van der Waals surface area contributed by atoms with E-state index in [2.05, 4.69) is 39.8 Å². The third kappa shape index (κ3) is 5.66. The number of phenols is 1. The Morgan fingerprint density at radius 3 is 2.64 bits per heavy atom. The molecule has 2 nitrogen and oxygen atoms in total. The van der Waals surface area contributed by atoms with E-state index in [1.807, 2.05) is 13.0 Å². The summed E-state index contributed by atoms with van der Waals surface area (Å²) in [5.41, 5.74) is 5.02. The zero-order valence-electron chi connectivity index (χ0n) is 16.6. The molecule has 1 N–H and O–H groups in total. The molecule has 0 radical (unpaired) electrons. The predicted molar refractivity (Wildman–Crippen MR) is 106 cm³/mol. The number of phenolic OH excluding ortho intramolecular Hbond substituents is 1. The van der Waals surface area contributed by atoms with E-state index in [-0.39, 0.29) is 5.60 Å². The van der Waals surface area contributed by atoms with Gasteiger partial charge in [0.1, 0.15) is 17.1 Å². The van der Waals surface area contributed by atoms with E-state index >= 15 is 0 Å². The monoisotopic (exact) mass is 342 g/mol. The van der Waals surface area contributed by atoms with Gasteiger partial charge in [0.15, 0.2) is 0 Å². The summed E-state index contributed by atoms with van der Waals surface area (Å²) in [5.74, 6) is 1.32. The molecule has 0 fully saturated rings. The van der Waals surface area contributed by atoms with Gasteiger partial charge in [0.05, 0.1) is 0 Å². The van der Waals surface area contributed by atoms with Crippen LogP contribution in [0.2, 0.25) is 0 Å². The summed E-state index contributed by atoms with van der Waals surface area (Å²) in [6.07, 6.45) is 12.3. The first kappa shape index (κ1) is 19.6. The molecule has 1 unspecified atom stereocenters. The predicted octanol–water partition coefficient (Wildman–Crippen LogP) is 6.65. The molecule has 0 bridgehead atoms. The fraction of sp³-hybridized carbons (Fsp3) is 0.565. The van der Waals surface area contributed by atoms with Gasteiger partial charge in [-0.05, 0) is 95.9 Å².